The van der Waals surface area contributed by atoms with Crippen molar-refractivity contribution in [3.63, 3.8) is 0 Å². The Hall–Kier alpha value is -1.60. The summed E-state index contributed by atoms with van der Waals surface area (Å²) in [6, 6.07) is 8.13. The van der Waals surface area contributed by atoms with Crippen LogP contribution in [0.15, 0.2) is 35.7 Å². The monoisotopic (exact) mass is 235 g/mol. The molecule has 0 radical (unpaired) electrons. The largest absolute Gasteiger partial charge is 0.223 e. The Morgan fingerprint density at radius 2 is 1.81 bits per heavy atom. The summed E-state index contributed by atoms with van der Waals surface area (Å²) in [6.07, 6.45) is 0. The van der Waals surface area contributed by atoms with E-state index >= 15 is 0 Å². The molecule has 0 unspecified atom stereocenters. The molecular formula is C12H13NO2S. The van der Waals surface area contributed by atoms with E-state index in [1.807, 2.05) is 6.07 Å². The number of sulfone groups is 1. The van der Waals surface area contributed by atoms with Gasteiger partial charge in [0.05, 0.1) is 21.8 Å². The van der Waals surface area contributed by atoms with Crippen LogP contribution >= 0.6 is 0 Å². The Labute approximate surface area is 95.9 Å². The molecule has 0 atom stereocenters. The second-order valence-electron chi connectivity index (χ2n) is 3.71. The van der Waals surface area contributed by atoms with Gasteiger partial charge in [0.25, 0.3) is 0 Å². The van der Waals surface area contributed by atoms with E-state index in [9.17, 15) is 8.42 Å². The summed E-state index contributed by atoms with van der Waals surface area (Å²) in [7, 11) is -3.24. The summed E-state index contributed by atoms with van der Waals surface area (Å²) in [5.41, 5.74) is 0.971. The van der Waals surface area contributed by atoms with E-state index in [0.717, 1.165) is 0 Å². The first-order valence-corrected chi connectivity index (χ1v) is 6.37. The first-order chi connectivity index (χ1) is 7.39. The van der Waals surface area contributed by atoms with Crippen molar-refractivity contribution < 1.29 is 8.42 Å². The Kier molecular flexibility index (Phi) is 3.51. The van der Waals surface area contributed by atoms with E-state index in [0.29, 0.717) is 11.1 Å². The smallest absolute Gasteiger partial charge is 0.180 e. The summed E-state index contributed by atoms with van der Waals surface area (Å²) < 4.78 is 23.6. The van der Waals surface area contributed by atoms with Crippen LogP contribution in [0.1, 0.15) is 19.4 Å². The molecule has 0 aromatic heterocycles. The Bertz CT molecular complexity index is 533. The summed E-state index contributed by atoms with van der Waals surface area (Å²) >= 11 is 0. The van der Waals surface area contributed by atoms with E-state index in [1.165, 1.54) is 12.1 Å². The van der Waals surface area contributed by atoms with Crippen molar-refractivity contribution >= 4 is 15.4 Å². The zero-order valence-electron chi connectivity index (χ0n) is 9.27. The molecule has 4 heteroatoms. The number of nitrogens with zero attached hydrogens (tertiary/aromatic N) is 1. The minimum Gasteiger partial charge on any atom is -0.223 e. The topological polar surface area (TPSA) is 57.9 Å². The summed E-state index contributed by atoms with van der Waals surface area (Å²) in [5, 5.41) is 8.19. The molecule has 0 fully saturated rings. The lowest BCUT2D eigenvalue weighted by Gasteiger charge is -2.07. The fourth-order valence-corrected chi connectivity index (χ4v) is 2.24. The van der Waals surface area contributed by atoms with E-state index in [-0.39, 0.29) is 4.90 Å². The number of hydrogen-bond donors (Lipinski definition) is 0. The third-order valence-electron chi connectivity index (χ3n) is 2.29. The van der Waals surface area contributed by atoms with Crippen molar-refractivity contribution in [2.75, 3.05) is 0 Å². The average Bonchev–Trinajstić information content (AvgIpc) is 2.28. The molecule has 0 saturated carbocycles. The molecule has 16 heavy (non-hydrogen) atoms. The van der Waals surface area contributed by atoms with Crippen molar-refractivity contribution in [1.82, 2.24) is 0 Å². The highest BCUT2D eigenvalue weighted by Gasteiger charge is 2.18. The molecule has 0 N–H and O–H groups in total. The quantitative estimate of drug-likeness (QED) is 0.756. The van der Waals surface area contributed by atoms with Gasteiger partial charge in [0, 0.05) is 0 Å². The number of nitriles is 1. The molecule has 0 saturated heterocycles. The summed E-state index contributed by atoms with van der Waals surface area (Å²) in [5.74, 6) is 0. The number of hydrogen-bond acceptors (Lipinski definition) is 3. The van der Waals surface area contributed by atoms with Gasteiger partial charge in [-0.25, -0.2) is 8.42 Å². The number of benzene rings is 1. The van der Waals surface area contributed by atoms with Crippen LogP contribution in [0.2, 0.25) is 0 Å². The van der Waals surface area contributed by atoms with Gasteiger partial charge < -0.3 is 0 Å². The van der Waals surface area contributed by atoms with E-state index < -0.39 is 15.1 Å². The van der Waals surface area contributed by atoms with Crippen molar-refractivity contribution in [2.24, 2.45) is 0 Å². The molecular weight excluding hydrogens is 222 g/mol. The van der Waals surface area contributed by atoms with Crippen LogP contribution < -0.4 is 0 Å². The van der Waals surface area contributed by atoms with Gasteiger partial charge in [-0.1, -0.05) is 18.7 Å². The zero-order chi connectivity index (χ0) is 12.3. The van der Waals surface area contributed by atoms with Crippen molar-refractivity contribution in [1.29, 1.82) is 5.26 Å². The summed E-state index contributed by atoms with van der Waals surface area (Å²) in [4.78, 5) is 0.275. The maximum absolute atomic E-state index is 11.8. The first kappa shape index (κ1) is 12.5. The predicted octanol–water partition coefficient (Wildman–Crippen LogP) is 2.41. The van der Waals surface area contributed by atoms with Crippen molar-refractivity contribution in [3.05, 3.63) is 36.4 Å². The molecule has 0 bridgehead atoms. The zero-order valence-corrected chi connectivity index (χ0v) is 10.1. The van der Waals surface area contributed by atoms with Gasteiger partial charge in [-0.3, -0.25) is 0 Å². The lowest BCUT2D eigenvalue weighted by Crippen LogP contribution is -2.13. The molecule has 1 rings (SSSR count). The average molecular weight is 235 g/mol. The van der Waals surface area contributed by atoms with Gasteiger partial charge in [-0.05, 0) is 31.5 Å². The van der Waals surface area contributed by atoms with E-state index in [1.54, 1.807) is 26.0 Å². The van der Waals surface area contributed by atoms with Crippen LogP contribution in [0.3, 0.4) is 0 Å². The van der Waals surface area contributed by atoms with Gasteiger partial charge in [-0.2, -0.15) is 5.26 Å². The normalized spacial score (nSPS) is 11.1. The molecule has 0 aliphatic heterocycles. The third-order valence-corrected chi connectivity index (χ3v) is 4.46. The summed E-state index contributed by atoms with van der Waals surface area (Å²) in [6.45, 7) is 6.83. The molecule has 1 aromatic rings. The lowest BCUT2D eigenvalue weighted by atomic mass is 10.1. The van der Waals surface area contributed by atoms with Gasteiger partial charge >= 0.3 is 0 Å². The fraction of sp³-hybridized carbons (Fsp3) is 0.250. The van der Waals surface area contributed by atoms with Crippen LogP contribution in [0, 0.1) is 11.3 Å². The molecule has 0 aliphatic carbocycles. The van der Waals surface area contributed by atoms with Gasteiger partial charge in [-0.15, -0.1) is 0 Å². The standard InChI is InChI=1S/C12H13NO2S/c1-9(2)16(14,15)12-6-4-11(5-7-12)10(3)8-13/h4-7,9H,3H2,1-2H3. The molecule has 1 aromatic carbocycles. The predicted molar refractivity (Wildman–Crippen MR) is 63.4 cm³/mol. The number of rotatable bonds is 3. The van der Waals surface area contributed by atoms with E-state index in [2.05, 4.69) is 6.58 Å². The highest BCUT2D eigenvalue weighted by molar-refractivity contribution is 7.92. The first-order valence-electron chi connectivity index (χ1n) is 4.83. The van der Waals surface area contributed by atoms with Crippen molar-refractivity contribution in [2.45, 2.75) is 24.0 Å². The van der Waals surface area contributed by atoms with Crippen LogP contribution in [-0.2, 0) is 9.84 Å². The Morgan fingerprint density at radius 3 is 2.19 bits per heavy atom. The number of allylic oxidation sites excluding steroid dienone is 1. The maximum Gasteiger partial charge on any atom is 0.180 e. The van der Waals surface area contributed by atoms with Crippen LogP contribution in [0.4, 0.5) is 0 Å². The molecule has 0 amide bonds. The van der Waals surface area contributed by atoms with Gasteiger partial charge in [0.1, 0.15) is 0 Å². The SMILES string of the molecule is C=C(C#N)c1ccc(S(=O)(=O)C(C)C)cc1. The van der Waals surface area contributed by atoms with Crippen molar-refractivity contribution in [3.8, 4) is 6.07 Å². The molecule has 0 aliphatic rings. The van der Waals surface area contributed by atoms with Gasteiger partial charge in [0.2, 0.25) is 0 Å². The molecule has 0 heterocycles. The lowest BCUT2D eigenvalue weighted by molar-refractivity contribution is 0.587. The second-order valence-corrected chi connectivity index (χ2v) is 6.21. The molecule has 84 valence electrons. The second kappa shape index (κ2) is 4.50. The van der Waals surface area contributed by atoms with Crippen LogP contribution in [-0.4, -0.2) is 13.7 Å². The fourth-order valence-electron chi connectivity index (χ4n) is 1.18. The Balaban J connectivity index is 3.16. The third kappa shape index (κ3) is 2.31. The minimum absolute atomic E-state index is 0.275. The van der Waals surface area contributed by atoms with E-state index in [4.69, 9.17) is 5.26 Å². The molecule has 0 spiro atoms. The molecule has 3 nitrogen and oxygen atoms in total. The minimum atomic E-state index is -3.24. The Morgan fingerprint density at radius 1 is 1.31 bits per heavy atom. The highest BCUT2D eigenvalue weighted by atomic mass is 32.2. The van der Waals surface area contributed by atoms with Gasteiger partial charge in [0.15, 0.2) is 9.84 Å². The highest BCUT2D eigenvalue weighted by Crippen LogP contribution is 2.19. The van der Waals surface area contributed by atoms with Crippen LogP contribution in [0.5, 0.6) is 0 Å². The van der Waals surface area contributed by atoms with Crippen LogP contribution in [0.25, 0.3) is 5.57 Å². The maximum atomic E-state index is 11.8.